The summed E-state index contributed by atoms with van der Waals surface area (Å²) in [4.78, 5) is 14.3. The molecule has 0 atom stereocenters. The molecular weight excluding hydrogens is 428 g/mol. The highest BCUT2D eigenvalue weighted by Gasteiger charge is 2.28. The second-order valence-electron chi connectivity index (χ2n) is 9.68. The number of fused-ring (bicyclic) bond motifs is 15. The number of hydrogen-bond acceptors (Lipinski definition) is 3. The number of nitrogens with zero attached hydrogens (tertiary/aromatic N) is 4. The third kappa shape index (κ3) is 2.15. The molecule has 4 aromatic heterocycles. The number of imidazole rings is 1. The summed E-state index contributed by atoms with van der Waals surface area (Å²) < 4.78 is 2.17. The average molecular weight is 447 g/mol. The molecule has 2 aliphatic rings. The van der Waals surface area contributed by atoms with Gasteiger partial charge >= 0.3 is 0 Å². The molecule has 0 saturated carbocycles. The van der Waals surface area contributed by atoms with Crippen LogP contribution < -0.4 is 0 Å². The van der Waals surface area contributed by atoms with Crippen molar-refractivity contribution in [2.24, 2.45) is 0 Å². The van der Waals surface area contributed by atoms with Gasteiger partial charge in [-0.15, -0.1) is 0 Å². The molecule has 9 rings (SSSR count). The molecule has 4 nitrogen and oxygen atoms in total. The summed E-state index contributed by atoms with van der Waals surface area (Å²) in [5.74, 6) is 0. The second-order valence-corrected chi connectivity index (χ2v) is 9.68. The maximum Gasteiger partial charge on any atom is 0.178 e. The average Bonchev–Trinajstić information content (AvgIpc) is 3.58. The van der Waals surface area contributed by atoms with Gasteiger partial charge in [-0.25, -0.2) is 15.0 Å². The normalized spacial score (nSPS) is 13.5. The summed E-state index contributed by atoms with van der Waals surface area (Å²) in [6, 6.07) is 26.5. The summed E-state index contributed by atoms with van der Waals surface area (Å²) in [7, 11) is 0. The lowest BCUT2D eigenvalue weighted by atomic mass is 9.96. The highest BCUT2D eigenvalue weighted by molar-refractivity contribution is 6.16. The Labute approximate surface area is 200 Å². The molecule has 0 aliphatic heterocycles. The Kier molecular flexibility index (Phi) is 3.11. The number of pyridine rings is 3. The van der Waals surface area contributed by atoms with Gasteiger partial charge in [-0.1, -0.05) is 30.3 Å². The van der Waals surface area contributed by atoms with E-state index < -0.39 is 0 Å². The zero-order valence-corrected chi connectivity index (χ0v) is 18.8. The fourth-order valence-electron chi connectivity index (χ4n) is 6.47. The molecule has 0 amide bonds. The molecule has 0 fully saturated rings. The van der Waals surface area contributed by atoms with Crippen LogP contribution in [0.3, 0.4) is 0 Å². The topological polar surface area (TPSA) is 43.1 Å². The van der Waals surface area contributed by atoms with Crippen LogP contribution in [0, 0.1) is 0 Å². The van der Waals surface area contributed by atoms with E-state index in [0.29, 0.717) is 0 Å². The molecule has 0 spiro atoms. The molecule has 3 aromatic carbocycles. The van der Waals surface area contributed by atoms with Crippen molar-refractivity contribution in [2.75, 3.05) is 0 Å². The SMILES string of the molecule is c1ccc2c(c1)Cc1cc3c(cc1-2)Cc1c-3ccc2c1c1cccnc1n1c3cccnc3nc21. The van der Waals surface area contributed by atoms with E-state index in [-0.39, 0.29) is 0 Å². The monoisotopic (exact) mass is 446 g/mol. The van der Waals surface area contributed by atoms with E-state index >= 15 is 0 Å². The van der Waals surface area contributed by atoms with Crippen molar-refractivity contribution in [1.82, 2.24) is 19.4 Å². The molecule has 4 heteroatoms. The van der Waals surface area contributed by atoms with Crippen molar-refractivity contribution in [3.8, 4) is 22.3 Å². The molecule has 162 valence electrons. The predicted molar refractivity (Wildman–Crippen MR) is 140 cm³/mol. The Morgan fingerprint density at radius 1 is 0.600 bits per heavy atom. The van der Waals surface area contributed by atoms with Crippen LogP contribution in [0.25, 0.3) is 60.9 Å². The third-order valence-electron chi connectivity index (χ3n) is 7.93. The van der Waals surface area contributed by atoms with Crippen LogP contribution in [-0.2, 0) is 12.8 Å². The van der Waals surface area contributed by atoms with E-state index in [1.54, 1.807) is 6.20 Å². The minimum absolute atomic E-state index is 0.755. The summed E-state index contributed by atoms with van der Waals surface area (Å²) in [6.07, 6.45) is 5.62. The largest absolute Gasteiger partial charge is 0.274 e. The van der Waals surface area contributed by atoms with Crippen molar-refractivity contribution in [2.45, 2.75) is 12.8 Å². The lowest BCUT2D eigenvalue weighted by Gasteiger charge is -2.12. The minimum atomic E-state index is 0.755. The first kappa shape index (κ1) is 17.8. The van der Waals surface area contributed by atoms with E-state index in [4.69, 9.17) is 9.97 Å². The Hall–Kier alpha value is -4.57. The molecule has 0 radical (unpaired) electrons. The van der Waals surface area contributed by atoms with Crippen LogP contribution in [-0.4, -0.2) is 19.4 Å². The zero-order valence-electron chi connectivity index (χ0n) is 18.8. The molecule has 4 heterocycles. The van der Waals surface area contributed by atoms with Gasteiger partial charge in [-0.2, -0.15) is 0 Å². The molecule has 0 N–H and O–H groups in total. The Balaban J connectivity index is 1.38. The van der Waals surface area contributed by atoms with Gasteiger partial charge in [0.05, 0.1) is 5.52 Å². The smallest absolute Gasteiger partial charge is 0.178 e. The molecule has 35 heavy (non-hydrogen) atoms. The molecule has 7 aromatic rings. The summed E-state index contributed by atoms with van der Waals surface area (Å²) >= 11 is 0. The highest BCUT2D eigenvalue weighted by Crippen LogP contribution is 2.47. The van der Waals surface area contributed by atoms with Crippen LogP contribution in [0.2, 0.25) is 0 Å². The van der Waals surface area contributed by atoms with Crippen LogP contribution in [0.15, 0.2) is 85.2 Å². The van der Waals surface area contributed by atoms with E-state index in [0.717, 1.165) is 40.7 Å². The fraction of sp³-hybridized carbons (Fsp3) is 0.0645. The highest BCUT2D eigenvalue weighted by atomic mass is 15.1. The number of hydrogen-bond donors (Lipinski definition) is 0. The zero-order chi connectivity index (χ0) is 22.7. The molecule has 0 saturated heterocycles. The van der Waals surface area contributed by atoms with Crippen LogP contribution >= 0.6 is 0 Å². The van der Waals surface area contributed by atoms with Crippen molar-refractivity contribution in [3.63, 3.8) is 0 Å². The van der Waals surface area contributed by atoms with E-state index in [9.17, 15) is 0 Å². The maximum absolute atomic E-state index is 4.96. The van der Waals surface area contributed by atoms with Gasteiger partial charge < -0.3 is 0 Å². The molecule has 0 unspecified atom stereocenters. The molecule has 2 aliphatic carbocycles. The van der Waals surface area contributed by atoms with Gasteiger partial charge in [-0.05, 0) is 99.8 Å². The fourth-order valence-corrected chi connectivity index (χ4v) is 6.47. The first-order valence-electron chi connectivity index (χ1n) is 12.0. The van der Waals surface area contributed by atoms with Crippen LogP contribution in [0.5, 0.6) is 0 Å². The summed E-state index contributed by atoms with van der Waals surface area (Å²) in [6.45, 7) is 0. The van der Waals surface area contributed by atoms with Gasteiger partial charge in [0, 0.05) is 28.6 Å². The van der Waals surface area contributed by atoms with E-state index in [1.165, 1.54) is 55.3 Å². The number of rotatable bonds is 0. The number of aromatic nitrogens is 4. The molecular formula is C31H18N4. The quantitative estimate of drug-likeness (QED) is 0.243. The van der Waals surface area contributed by atoms with Crippen molar-refractivity contribution >= 4 is 38.6 Å². The number of benzene rings is 3. The van der Waals surface area contributed by atoms with Crippen LogP contribution in [0.4, 0.5) is 0 Å². The van der Waals surface area contributed by atoms with Crippen LogP contribution in [0.1, 0.15) is 22.3 Å². The van der Waals surface area contributed by atoms with E-state index in [1.807, 2.05) is 18.3 Å². The Morgan fingerprint density at radius 2 is 1.40 bits per heavy atom. The maximum atomic E-state index is 4.96. The lowest BCUT2D eigenvalue weighted by Crippen LogP contribution is -1.96. The van der Waals surface area contributed by atoms with Gasteiger partial charge in [0.25, 0.3) is 0 Å². The molecule has 0 bridgehead atoms. The second kappa shape index (κ2) is 6.10. The van der Waals surface area contributed by atoms with E-state index in [2.05, 4.69) is 70.0 Å². The van der Waals surface area contributed by atoms with Gasteiger partial charge in [0.2, 0.25) is 0 Å². The Bertz CT molecular complexity index is 2070. The minimum Gasteiger partial charge on any atom is -0.274 e. The van der Waals surface area contributed by atoms with Crippen molar-refractivity contribution in [3.05, 3.63) is 107 Å². The van der Waals surface area contributed by atoms with Crippen molar-refractivity contribution < 1.29 is 0 Å². The van der Waals surface area contributed by atoms with Gasteiger partial charge in [-0.3, -0.25) is 4.40 Å². The first-order chi connectivity index (χ1) is 17.3. The van der Waals surface area contributed by atoms with Gasteiger partial charge in [0.15, 0.2) is 5.65 Å². The predicted octanol–water partition coefficient (Wildman–Crippen LogP) is 6.73. The standard InChI is InChI=1S/C31H18N4/c1-2-6-20-17(5-1)13-18-14-25-19(15-24(18)20)16-26-21(25)9-10-23-28(26)22-7-3-12-33-30(22)35-27-8-4-11-32-29(27)34-31(23)35/h1-12,14-15H,13,16H2. The third-order valence-corrected chi connectivity index (χ3v) is 7.93. The Morgan fingerprint density at radius 3 is 2.37 bits per heavy atom. The first-order valence-corrected chi connectivity index (χ1v) is 12.0. The van der Waals surface area contributed by atoms with Gasteiger partial charge in [0.1, 0.15) is 11.3 Å². The lowest BCUT2D eigenvalue weighted by molar-refractivity contribution is 1.23. The van der Waals surface area contributed by atoms with Crippen molar-refractivity contribution in [1.29, 1.82) is 0 Å². The summed E-state index contributed by atoms with van der Waals surface area (Å²) in [5.41, 5.74) is 14.8. The summed E-state index contributed by atoms with van der Waals surface area (Å²) in [5, 5.41) is 3.60.